The minimum atomic E-state index is 0.124. The van der Waals surface area contributed by atoms with Crippen molar-refractivity contribution in [2.75, 3.05) is 6.54 Å². The maximum Gasteiger partial charge on any atom is 0.220 e. The molecule has 0 aromatic carbocycles. The van der Waals surface area contributed by atoms with E-state index in [1.54, 1.807) is 6.08 Å². The standard InChI is InChI=1S/C9H17NO/c1-4-5-6-9(11)10-7-8(2)3/h4,8H,1,5-7H2,2-3H3,(H,10,11). The second-order valence-electron chi connectivity index (χ2n) is 3.03. The number of rotatable bonds is 5. The first-order chi connectivity index (χ1) is 5.16. The largest absolute Gasteiger partial charge is 0.356 e. The molecule has 0 rings (SSSR count). The van der Waals surface area contributed by atoms with Crippen molar-refractivity contribution >= 4 is 5.91 Å². The molecule has 2 nitrogen and oxygen atoms in total. The lowest BCUT2D eigenvalue weighted by atomic mass is 10.2. The summed E-state index contributed by atoms with van der Waals surface area (Å²) < 4.78 is 0. The monoisotopic (exact) mass is 155 g/mol. The average Bonchev–Trinajstić information content (AvgIpc) is 1.97. The Balaban J connectivity index is 3.29. The lowest BCUT2D eigenvalue weighted by Crippen LogP contribution is -2.26. The van der Waals surface area contributed by atoms with Gasteiger partial charge in [-0.15, -0.1) is 6.58 Å². The van der Waals surface area contributed by atoms with Gasteiger partial charge in [0.1, 0.15) is 0 Å². The zero-order chi connectivity index (χ0) is 8.69. The molecule has 0 fully saturated rings. The van der Waals surface area contributed by atoms with Crippen LogP contribution >= 0.6 is 0 Å². The lowest BCUT2D eigenvalue weighted by Gasteiger charge is -2.05. The Morgan fingerprint density at radius 3 is 2.73 bits per heavy atom. The summed E-state index contributed by atoms with van der Waals surface area (Å²) in [6.07, 6.45) is 3.09. The van der Waals surface area contributed by atoms with Crippen LogP contribution in [0, 0.1) is 5.92 Å². The van der Waals surface area contributed by atoms with E-state index in [1.807, 2.05) is 0 Å². The molecule has 0 radical (unpaired) electrons. The van der Waals surface area contributed by atoms with Crippen molar-refractivity contribution in [3.8, 4) is 0 Å². The van der Waals surface area contributed by atoms with Crippen molar-refractivity contribution in [1.29, 1.82) is 0 Å². The molecule has 0 unspecified atom stereocenters. The van der Waals surface area contributed by atoms with Crippen molar-refractivity contribution in [3.05, 3.63) is 12.7 Å². The van der Waals surface area contributed by atoms with Gasteiger partial charge in [0.15, 0.2) is 0 Å². The highest BCUT2D eigenvalue weighted by atomic mass is 16.1. The molecule has 0 aromatic rings. The van der Waals surface area contributed by atoms with E-state index >= 15 is 0 Å². The van der Waals surface area contributed by atoms with E-state index < -0.39 is 0 Å². The molecule has 0 aliphatic rings. The van der Waals surface area contributed by atoms with Crippen LogP contribution in [-0.2, 0) is 4.79 Å². The summed E-state index contributed by atoms with van der Waals surface area (Å²) in [6.45, 7) is 8.48. The second-order valence-corrected chi connectivity index (χ2v) is 3.03. The Hall–Kier alpha value is -0.790. The van der Waals surface area contributed by atoms with Gasteiger partial charge in [0.05, 0.1) is 0 Å². The normalized spacial score (nSPS) is 9.73. The molecule has 0 spiro atoms. The highest BCUT2D eigenvalue weighted by Gasteiger charge is 1.99. The maximum atomic E-state index is 10.9. The van der Waals surface area contributed by atoms with Gasteiger partial charge in [-0.2, -0.15) is 0 Å². The van der Waals surface area contributed by atoms with Crippen LogP contribution in [0.15, 0.2) is 12.7 Å². The SMILES string of the molecule is C=CCCC(=O)NCC(C)C. The molecule has 1 amide bonds. The number of allylic oxidation sites excluding steroid dienone is 1. The van der Waals surface area contributed by atoms with E-state index in [1.165, 1.54) is 0 Å². The first-order valence-electron chi connectivity index (χ1n) is 4.04. The molecule has 0 saturated heterocycles. The number of hydrogen-bond donors (Lipinski definition) is 1. The van der Waals surface area contributed by atoms with E-state index in [-0.39, 0.29) is 5.91 Å². The first-order valence-corrected chi connectivity index (χ1v) is 4.04. The first kappa shape index (κ1) is 10.2. The molecule has 0 heterocycles. The molecule has 0 aliphatic heterocycles. The third-order valence-electron chi connectivity index (χ3n) is 1.28. The highest BCUT2D eigenvalue weighted by molar-refractivity contribution is 5.75. The molecule has 0 aromatic heterocycles. The quantitative estimate of drug-likeness (QED) is 0.602. The molecule has 2 heteroatoms. The van der Waals surface area contributed by atoms with Crippen molar-refractivity contribution in [2.24, 2.45) is 5.92 Å². The predicted octanol–water partition coefficient (Wildman–Crippen LogP) is 1.72. The number of amides is 1. The smallest absolute Gasteiger partial charge is 0.220 e. The Morgan fingerprint density at radius 2 is 2.27 bits per heavy atom. The fourth-order valence-corrected chi connectivity index (χ4v) is 0.640. The Bertz CT molecular complexity index is 130. The average molecular weight is 155 g/mol. The van der Waals surface area contributed by atoms with Crippen LogP contribution in [0.25, 0.3) is 0 Å². The van der Waals surface area contributed by atoms with E-state index in [2.05, 4.69) is 25.7 Å². The molecule has 1 N–H and O–H groups in total. The summed E-state index contributed by atoms with van der Waals surface area (Å²) in [5, 5.41) is 2.83. The topological polar surface area (TPSA) is 29.1 Å². The van der Waals surface area contributed by atoms with E-state index in [0.717, 1.165) is 13.0 Å². The number of carbonyl (C=O) groups is 1. The maximum absolute atomic E-state index is 10.9. The van der Waals surface area contributed by atoms with Gasteiger partial charge < -0.3 is 5.32 Å². The summed E-state index contributed by atoms with van der Waals surface area (Å²) in [7, 11) is 0. The van der Waals surface area contributed by atoms with Crippen LogP contribution in [0.2, 0.25) is 0 Å². The molecular weight excluding hydrogens is 138 g/mol. The summed E-state index contributed by atoms with van der Waals surface area (Å²) >= 11 is 0. The lowest BCUT2D eigenvalue weighted by molar-refractivity contribution is -0.121. The fraction of sp³-hybridized carbons (Fsp3) is 0.667. The Kier molecular flexibility index (Phi) is 5.53. The third-order valence-corrected chi connectivity index (χ3v) is 1.28. The Morgan fingerprint density at radius 1 is 1.64 bits per heavy atom. The Labute approximate surface area is 68.7 Å². The number of hydrogen-bond acceptors (Lipinski definition) is 1. The van der Waals surface area contributed by atoms with Crippen LogP contribution < -0.4 is 5.32 Å². The van der Waals surface area contributed by atoms with E-state index in [4.69, 9.17) is 0 Å². The van der Waals surface area contributed by atoms with Gasteiger partial charge >= 0.3 is 0 Å². The van der Waals surface area contributed by atoms with Crippen LogP contribution in [0.5, 0.6) is 0 Å². The minimum Gasteiger partial charge on any atom is -0.356 e. The third kappa shape index (κ3) is 7.10. The molecule has 0 atom stereocenters. The van der Waals surface area contributed by atoms with Crippen LogP contribution in [0.4, 0.5) is 0 Å². The van der Waals surface area contributed by atoms with Crippen molar-refractivity contribution < 1.29 is 4.79 Å². The summed E-state index contributed by atoms with van der Waals surface area (Å²) in [5.41, 5.74) is 0. The van der Waals surface area contributed by atoms with Gasteiger partial charge in [-0.3, -0.25) is 4.79 Å². The van der Waals surface area contributed by atoms with Gasteiger partial charge in [-0.1, -0.05) is 19.9 Å². The van der Waals surface area contributed by atoms with Crippen LogP contribution in [-0.4, -0.2) is 12.5 Å². The highest BCUT2D eigenvalue weighted by Crippen LogP contribution is 1.91. The summed E-state index contributed by atoms with van der Waals surface area (Å²) in [5.74, 6) is 0.654. The minimum absolute atomic E-state index is 0.124. The zero-order valence-corrected chi connectivity index (χ0v) is 7.39. The van der Waals surface area contributed by atoms with E-state index in [0.29, 0.717) is 12.3 Å². The molecule has 64 valence electrons. The number of nitrogens with one attached hydrogen (secondary N) is 1. The molecule has 0 aliphatic carbocycles. The van der Waals surface area contributed by atoms with Gasteiger partial charge in [0, 0.05) is 13.0 Å². The second kappa shape index (κ2) is 5.96. The molecular formula is C9H17NO. The molecule has 0 bridgehead atoms. The van der Waals surface area contributed by atoms with Gasteiger partial charge in [0.2, 0.25) is 5.91 Å². The predicted molar refractivity (Wildman–Crippen MR) is 47.3 cm³/mol. The molecule has 0 saturated carbocycles. The van der Waals surface area contributed by atoms with Gasteiger partial charge in [0.25, 0.3) is 0 Å². The van der Waals surface area contributed by atoms with Crippen LogP contribution in [0.1, 0.15) is 26.7 Å². The van der Waals surface area contributed by atoms with Crippen molar-refractivity contribution in [1.82, 2.24) is 5.32 Å². The number of carbonyl (C=O) groups excluding carboxylic acids is 1. The summed E-state index contributed by atoms with van der Waals surface area (Å²) in [6, 6.07) is 0. The van der Waals surface area contributed by atoms with Crippen LogP contribution in [0.3, 0.4) is 0 Å². The van der Waals surface area contributed by atoms with Gasteiger partial charge in [-0.25, -0.2) is 0 Å². The zero-order valence-electron chi connectivity index (χ0n) is 7.39. The van der Waals surface area contributed by atoms with Crippen molar-refractivity contribution in [2.45, 2.75) is 26.7 Å². The van der Waals surface area contributed by atoms with Gasteiger partial charge in [-0.05, 0) is 12.3 Å². The fourth-order valence-electron chi connectivity index (χ4n) is 0.640. The van der Waals surface area contributed by atoms with Crippen molar-refractivity contribution in [3.63, 3.8) is 0 Å². The molecule has 11 heavy (non-hydrogen) atoms. The summed E-state index contributed by atoms with van der Waals surface area (Å²) in [4.78, 5) is 10.9. The van der Waals surface area contributed by atoms with E-state index in [9.17, 15) is 4.79 Å².